The molecule has 3 N–H and O–H groups in total. The van der Waals surface area contributed by atoms with E-state index in [4.69, 9.17) is 0 Å². The Morgan fingerprint density at radius 3 is 2.80 bits per heavy atom. The van der Waals surface area contributed by atoms with Crippen LogP contribution in [0.25, 0.3) is 11.2 Å². The van der Waals surface area contributed by atoms with E-state index < -0.39 is 0 Å². The van der Waals surface area contributed by atoms with Crippen LogP contribution < -0.4 is 10.6 Å². The molecule has 0 unspecified atom stereocenters. The molecule has 0 atom stereocenters. The summed E-state index contributed by atoms with van der Waals surface area (Å²) in [6, 6.07) is 10.0. The molecule has 6 nitrogen and oxygen atoms in total. The highest BCUT2D eigenvalue weighted by molar-refractivity contribution is 5.97. The van der Waals surface area contributed by atoms with Crippen LogP contribution in [0.1, 0.15) is 31.2 Å². The molecule has 3 aromatic rings. The summed E-state index contributed by atoms with van der Waals surface area (Å²) in [7, 11) is 0. The summed E-state index contributed by atoms with van der Waals surface area (Å²) < 4.78 is 0. The Kier molecular flexibility index (Phi) is 3.87. The summed E-state index contributed by atoms with van der Waals surface area (Å²) in [6.07, 6.45) is 2.86. The third-order valence-corrected chi connectivity index (χ3v) is 4.44. The minimum Gasteiger partial charge on any atom is -0.353 e. The summed E-state index contributed by atoms with van der Waals surface area (Å²) in [4.78, 5) is 24.3. The number of aromatic nitrogens is 3. The fourth-order valence-corrected chi connectivity index (χ4v) is 2.93. The van der Waals surface area contributed by atoms with Crippen molar-refractivity contribution in [3.05, 3.63) is 41.7 Å². The van der Waals surface area contributed by atoms with Gasteiger partial charge in [0.25, 0.3) is 0 Å². The lowest BCUT2D eigenvalue weighted by molar-refractivity contribution is -0.117. The van der Waals surface area contributed by atoms with E-state index in [2.05, 4.69) is 38.6 Å². The largest absolute Gasteiger partial charge is 0.353 e. The number of nitrogens with one attached hydrogen (secondary N) is 3. The first kappa shape index (κ1) is 15.6. The smallest absolute Gasteiger partial charge is 0.228 e. The standard InChI is InChI=1S/C19H21N5O/c1-3-12-6-4-5-7-14(12)22-15-10-16(24-19(25)13-8-9-13)23-18-17(15)20-11(2)21-18/h4-7,10,13H,3,8-9H2,1-2H3,(H3,20,21,22,23,24,25). The zero-order valence-electron chi connectivity index (χ0n) is 14.4. The van der Waals surface area contributed by atoms with E-state index in [1.807, 2.05) is 31.2 Å². The van der Waals surface area contributed by atoms with E-state index >= 15 is 0 Å². The van der Waals surface area contributed by atoms with Crippen molar-refractivity contribution in [3.8, 4) is 0 Å². The lowest BCUT2D eigenvalue weighted by Gasteiger charge is -2.12. The Labute approximate surface area is 146 Å². The third-order valence-electron chi connectivity index (χ3n) is 4.44. The quantitative estimate of drug-likeness (QED) is 0.660. The highest BCUT2D eigenvalue weighted by Gasteiger charge is 2.30. The molecule has 1 aliphatic rings. The fourth-order valence-electron chi connectivity index (χ4n) is 2.93. The van der Waals surface area contributed by atoms with Gasteiger partial charge in [-0.25, -0.2) is 9.97 Å². The predicted molar refractivity (Wildman–Crippen MR) is 99.1 cm³/mol. The van der Waals surface area contributed by atoms with Gasteiger partial charge in [-0.1, -0.05) is 25.1 Å². The van der Waals surface area contributed by atoms with Gasteiger partial charge in [-0.15, -0.1) is 0 Å². The van der Waals surface area contributed by atoms with Gasteiger partial charge in [-0.2, -0.15) is 0 Å². The van der Waals surface area contributed by atoms with Crippen LogP contribution in [-0.2, 0) is 11.2 Å². The number of anilines is 3. The van der Waals surface area contributed by atoms with Crippen LogP contribution in [0.15, 0.2) is 30.3 Å². The minimum atomic E-state index is 0.0444. The van der Waals surface area contributed by atoms with Crippen molar-refractivity contribution in [3.63, 3.8) is 0 Å². The second-order valence-corrected chi connectivity index (χ2v) is 6.47. The average Bonchev–Trinajstić information content (AvgIpc) is 3.38. The van der Waals surface area contributed by atoms with Crippen LogP contribution in [0.3, 0.4) is 0 Å². The van der Waals surface area contributed by atoms with Gasteiger partial charge in [-0.3, -0.25) is 4.79 Å². The molecule has 0 aliphatic heterocycles. The number of imidazole rings is 1. The SMILES string of the molecule is CCc1ccccc1Nc1cc(NC(=O)C2CC2)nc2[nH]c(C)nc12. The Morgan fingerprint density at radius 1 is 1.24 bits per heavy atom. The maximum Gasteiger partial charge on any atom is 0.228 e. The molecule has 0 radical (unpaired) electrons. The first-order chi connectivity index (χ1) is 12.1. The number of hydrogen-bond donors (Lipinski definition) is 3. The molecule has 128 valence electrons. The van der Waals surface area contributed by atoms with E-state index in [0.29, 0.717) is 11.5 Å². The molecule has 1 fully saturated rings. The van der Waals surface area contributed by atoms with Crippen LogP contribution in [0.5, 0.6) is 0 Å². The monoisotopic (exact) mass is 335 g/mol. The van der Waals surface area contributed by atoms with Crippen molar-refractivity contribution in [2.24, 2.45) is 5.92 Å². The summed E-state index contributed by atoms with van der Waals surface area (Å²) in [6.45, 7) is 4.02. The summed E-state index contributed by atoms with van der Waals surface area (Å²) in [5.41, 5.74) is 4.54. The molecule has 6 heteroatoms. The lowest BCUT2D eigenvalue weighted by atomic mass is 10.1. The van der Waals surface area contributed by atoms with Crippen molar-refractivity contribution in [2.75, 3.05) is 10.6 Å². The number of rotatable bonds is 5. The number of fused-ring (bicyclic) bond motifs is 1. The maximum absolute atomic E-state index is 12.1. The van der Waals surface area contributed by atoms with Gasteiger partial charge in [-0.05, 0) is 37.8 Å². The second kappa shape index (κ2) is 6.20. The number of para-hydroxylation sites is 1. The third kappa shape index (κ3) is 3.20. The van der Waals surface area contributed by atoms with Crippen molar-refractivity contribution in [1.29, 1.82) is 0 Å². The van der Waals surface area contributed by atoms with E-state index in [1.54, 1.807) is 0 Å². The van der Waals surface area contributed by atoms with Gasteiger partial charge in [0.15, 0.2) is 5.65 Å². The number of pyridine rings is 1. The van der Waals surface area contributed by atoms with Crippen molar-refractivity contribution in [2.45, 2.75) is 33.1 Å². The number of amides is 1. The number of H-pyrrole nitrogens is 1. The Morgan fingerprint density at radius 2 is 2.04 bits per heavy atom. The van der Waals surface area contributed by atoms with Gasteiger partial charge >= 0.3 is 0 Å². The molecule has 25 heavy (non-hydrogen) atoms. The molecule has 1 amide bonds. The number of aromatic amines is 1. The molecule has 0 bridgehead atoms. The van der Waals surface area contributed by atoms with Crippen molar-refractivity contribution < 1.29 is 4.79 Å². The van der Waals surface area contributed by atoms with Crippen LogP contribution in [0, 0.1) is 12.8 Å². The first-order valence-corrected chi connectivity index (χ1v) is 8.67. The Balaban J connectivity index is 1.73. The number of benzene rings is 1. The molecule has 0 spiro atoms. The highest BCUT2D eigenvalue weighted by Crippen LogP contribution is 2.32. The molecular formula is C19H21N5O. The predicted octanol–water partition coefficient (Wildman–Crippen LogP) is 3.92. The van der Waals surface area contributed by atoms with Gasteiger partial charge in [0.1, 0.15) is 17.2 Å². The lowest BCUT2D eigenvalue weighted by Crippen LogP contribution is -2.14. The van der Waals surface area contributed by atoms with Crippen LogP contribution in [-0.4, -0.2) is 20.9 Å². The van der Waals surface area contributed by atoms with Gasteiger partial charge in [0, 0.05) is 17.7 Å². The molecule has 1 aliphatic carbocycles. The normalized spacial score (nSPS) is 13.8. The topological polar surface area (TPSA) is 82.7 Å². The summed E-state index contributed by atoms with van der Waals surface area (Å²) in [5, 5.41) is 6.39. The molecule has 2 heterocycles. The minimum absolute atomic E-state index is 0.0444. The van der Waals surface area contributed by atoms with Crippen LogP contribution >= 0.6 is 0 Å². The van der Waals surface area contributed by atoms with Crippen LogP contribution in [0.4, 0.5) is 17.2 Å². The molecule has 1 saturated carbocycles. The summed E-state index contributed by atoms with van der Waals surface area (Å²) in [5.74, 6) is 1.52. The van der Waals surface area contributed by atoms with E-state index in [9.17, 15) is 4.79 Å². The average molecular weight is 335 g/mol. The zero-order chi connectivity index (χ0) is 17.4. The Bertz CT molecular complexity index is 942. The van der Waals surface area contributed by atoms with Gasteiger partial charge in [0.2, 0.25) is 5.91 Å². The van der Waals surface area contributed by atoms with Crippen molar-refractivity contribution in [1.82, 2.24) is 15.0 Å². The Hall–Kier alpha value is -2.89. The van der Waals surface area contributed by atoms with Gasteiger partial charge < -0.3 is 15.6 Å². The second-order valence-electron chi connectivity index (χ2n) is 6.47. The highest BCUT2D eigenvalue weighted by atomic mass is 16.2. The fraction of sp³-hybridized carbons (Fsp3) is 0.316. The van der Waals surface area contributed by atoms with E-state index in [0.717, 1.165) is 42.0 Å². The molecule has 4 rings (SSSR count). The van der Waals surface area contributed by atoms with E-state index in [1.165, 1.54) is 5.56 Å². The summed E-state index contributed by atoms with van der Waals surface area (Å²) >= 11 is 0. The first-order valence-electron chi connectivity index (χ1n) is 8.67. The number of aryl methyl sites for hydroxylation is 2. The van der Waals surface area contributed by atoms with Crippen molar-refractivity contribution >= 4 is 34.3 Å². The van der Waals surface area contributed by atoms with Crippen LogP contribution in [0.2, 0.25) is 0 Å². The maximum atomic E-state index is 12.1. The van der Waals surface area contributed by atoms with Gasteiger partial charge in [0.05, 0.1) is 5.69 Å². The molecule has 1 aromatic carbocycles. The molecular weight excluding hydrogens is 314 g/mol. The zero-order valence-corrected chi connectivity index (χ0v) is 14.4. The van der Waals surface area contributed by atoms with E-state index in [-0.39, 0.29) is 11.8 Å². The number of hydrogen-bond acceptors (Lipinski definition) is 4. The molecule has 2 aromatic heterocycles. The number of carbonyl (C=O) groups is 1. The molecule has 0 saturated heterocycles. The number of carbonyl (C=O) groups excluding carboxylic acids is 1. The number of nitrogens with zero attached hydrogens (tertiary/aromatic N) is 2.